The summed E-state index contributed by atoms with van der Waals surface area (Å²) in [6, 6.07) is -0.758. The minimum atomic E-state index is -0.947. The van der Waals surface area contributed by atoms with Crippen LogP contribution >= 0.6 is 0 Å². The molecule has 1 aliphatic rings. The SMILES string of the molecule is CC(C)[C@@H](NC(=O)CC1CCCCC1)C(=O)O. The lowest BCUT2D eigenvalue weighted by molar-refractivity contribution is -0.143. The Kier molecular flexibility index (Phi) is 5.45. The number of carboxylic acid groups (broad SMARTS) is 1. The van der Waals surface area contributed by atoms with Gasteiger partial charge in [-0.05, 0) is 24.7 Å². The Morgan fingerprint density at radius 2 is 1.82 bits per heavy atom. The quantitative estimate of drug-likeness (QED) is 0.775. The fourth-order valence-corrected chi connectivity index (χ4v) is 2.40. The molecular formula is C13H23NO3. The molecule has 2 N–H and O–H groups in total. The van der Waals surface area contributed by atoms with E-state index in [0.29, 0.717) is 12.3 Å². The van der Waals surface area contributed by atoms with E-state index in [-0.39, 0.29) is 11.8 Å². The molecule has 1 saturated carbocycles. The molecule has 1 fully saturated rings. The summed E-state index contributed by atoms with van der Waals surface area (Å²) in [4.78, 5) is 22.7. The molecule has 0 unspecified atom stereocenters. The molecule has 0 bridgehead atoms. The van der Waals surface area contributed by atoms with Gasteiger partial charge in [0, 0.05) is 6.42 Å². The third-order valence-corrected chi connectivity index (χ3v) is 3.45. The summed E-state index contributed by atoms with van der Waals surface area (Å²) in [5, 5.41) is 11.6. The Morgan fingerprint density at radius 3 is 2.29 bits per heavy atom. The van der Waals surface area contributed by atoms with Gasteiger partial charge in [0.2, 0.25) is 5.91 Å². The number of carboxylic acids is 1. The highest BCUT2D eigenvalue weighted by atomic mass is 16.4. The maximum absolute atomic E-state index is 11.8. The number of nitrogens with one attached hydrogen (secondary N) is 1. The van der Waals surface area contributed by atoms with Crippen molar-refractivity contribution in [2.24, 2.45) is 11.8 Å². The molecule has 0 aromatic heterocycles. The maximum Gasteiger partial charge on any atom is 0.326 e. The number of aliphatic carboxylic acids is 1. The molecule has 1 rings (SSSR count). The summed E-state index contributed by atoms with van der Waals surface area (Å²) < 4.78 is 0. The van der Waals surface area contributed by atoms with Crippen LogP contribution in [0.1, 0.15) is 52.4 Å². The summed E-state index contributed by atoms with van der Waals surface area (Å²) in [6.07, 6.45) is 6.35. The van der Waals surface area contributed by atoms with Crippen LogP contribution in [0, 0.1) is 11.8 Å². The van der Waals surface area contributed by atoms with Crippen molar-refractivity contribution in [2.45, 2.75) is 58.4 Å². The zero-order valence-electron chi connectivity index (χ0n) is 10.7. The van der Waals surface area contributed by atoms with E-state index < -0.39 is 12.0 Å². The molecule has 0 heterocycles. The van der Waals surface area contributed by atoms with E-state index in [2.05, 4.69) is 5.32 Å². The van der Waals surface area contributed by atoms with Crippen molar-refractivity contribution in [3.05, 3.63) is 0 Å². The Balaban J connectivity index is 2.38. The normalized spacial score (nSPS) is 19.0. The number of rotatable bonds is 5. The van der Waals surface area contributed by atoms with Gasteiger partial charge in [0.1, 0.15) is 6.04 Å². The minimum Gasteiger partial charge on any atom is -0.480 e. The van der Waals surface area contributed by atoms with Crippen LogP contribution in [-0.4, -0.2) is 23.0 Å². The van der Waals surface area contributed by atoms with Gasteiger partial charge < -0.3 is 10.4 Å². The number of carbonyl (C=O) groups excluding carboxylic acids is 1. The third-order valence-electron chi connectivity index (χ3n) is 3.45. The van der Waals surface area contributed by atoms with Gasteiger partial charge in [0.05, 0.1) is 0 Å². The predicted molar refractivity (Wildman–Crippen MR) is 65.6 cm³/mol. The second kappa shape index (κ2) is 6.62. The van der Waals surface area contributed by atoms with Gasteiger partial charge in [0.15, 0.2) is 0 Å². The Hall–Kier alpha value is -1.06. The standard InChI is InChI=1S/C13H23NO3/c1-9(2)12(13(16)17)14-11(15)8-10-6-4-3-5-7-10/h9-10,12H,3-8H2,1-2H3,(H,14,15)(H,16,17)/t12-/m1/s1. The average Bonchev–Trinajstić information content (AvgIpc) is 2.26. The number of carbonyl (C=O) groups is 2. The highest BCUT2D eigenvalue weighted by molar-refractivity contribution is 5.83. The lowest BCUT2D eigenvalue weighted by atomic mass is 9.86. The van der Waals surface area contributed by atoms with E-state index in [0.717, 1.165) is 12.8 Å². The molecule has 0 aliphatic heterocycles. The van der Waals surface area contributed by atoms with Gasteiger partial charge in [-0.3, -0.25) is 4.79 Å². The van der Waals surface area contributed by atoms with Crippen LogP contribution in [0.25, 0.3) is 0 Å². The average molecular weight is 241 g/mol. The summed E-state index contributed by atoms with van der Waals surface area (Å²) in [5.74, 6) is -0.692. The van der Waals surface area contributed by atoms with Crippen LogP contribution in [-0.2, 0) is 9.59 Å². The molecule has 17 heavy (non-hydrogen) atoms. The first-order chi connectivity index (χ1) is 8.00. The second-order valence-electron chi connectivity index (χ2n) is 5.34. The zero-order valence-corrected chi connectivity index (χ0v) is 10.7. The molecule has 0 radical (unpaired) electrons. The lowest BCUT2D eigenvalue weighted by Gasteiger charge is -2.23. The van der Waals surface area contributed by atoms with Crippen molar-refractivity contribution >= 4 is 11.9 Å². The Labute approximate surface area is 103 Å². The summed E-state index contributed by atoms with van der Waals surface area (Å²) in [6.45, 7) is 3.61. The van der Waals surface area contributed by atoms with Gasteiger partial charge in [-0.15, -0.1) is 0 Å². The van der Waals surface area contributed by atoms with Crippen LogP contribution in [0.5, 0.6) is 0 Å². The number of hydrogen-bond donors (Lipinski definition) is 2. The number of hydrogen-bond acceptors (Lipinski definition) is 2. The van der Waals surface area contributed by atoms with E-state index in [4.69, 9.17) is 5.11 Å². The van der Waals surface area contributed by atoms with Gasteiger partial charge >= 0.3 is 5.97 Å². The van der Waals surface area contributed by atoms with Crippen molar-refractivity contribution in [3.8, 4) is 0 Å². The van der Waals surface area contributed by atoms with E-state index >= 15 is 0 Å². The molecule has 98 valence electrons. The minimum absolute atomic E-state index is 0.0807. The molecular weight excluding hydrogens is 218 g/mol. The van der Waals surface area contributed by atoms with Crippen molar-refractivity contribution in [2.75, 3.05) is 0 Å². The highest BCUT2D eigenvalue weighted by Gasteiger charge is 2.25. The Bertz CT molecular complexity index is 270. The Morgan fingerprint density at radius 1 is 1.24 bits per heavy atom. The van der Waals surface area contributed by atoms with Gasteiger partial charge in [-0.25, -0.2) is 4.79 Å². The topological polar surface area (TPSA) is 66.4 Å². The van der Waals surface area contributed by atoms with Crippen molar-refractivity contribution in [3.63, 3.8) is 0 Å². The summed E-state index contributed by atoms with van der Waals surface area (Å²) >= 11 is 0. The largest absolute Gasteiger partial charge is 0.480 e. The molecule has 1 amide bonds. The molecule has 1 atom stereocenters. The first-order valence-electron chi connectivity index (χ1n) is 6.53. The zero-order chi connectivity index (χ0) is 12.8. The first-order valence-corrected chi connectivity index (χ1v) is 6.53. The lowest BCUT2D eigenvalue weighted by Crippen LogP contribution is -2.44. The van der Waals surface area contributed by atoms with Crippen LogP contribution < -0.4 is 5.32 Å². The molecule has 1 aliphatic carbocycles. The van der Waals surface area contributed by atoms with Gasteiger partial charge in [0.25, 0.3) is 0 Å². The van der Waals surface area contributed by atoms with Crippen molar-refractivity contribution in [1.82, 2.24) is 5.32 Å². The van der Waals surface area contributed by atoms with Crippen LogP contribution in [0.4, 0.5) is 0 Å². The molecule has 0 saturated heterocycles. The van der Waals surface area contributed by atoms with E-state index in [1.165, 1.54) is 19.3 Å². The molecule has 0 spiro atoms. The van der Waals surface area contributed by atoms with Crippen molar-refractivity contribution < 1.29 is 14.7 Å². The smallest absolute Gasteiger partial charge is 0.326 e. The molecule has 4 nitrogen and oxygen atoms in total. The third kappa shape index (κ3) is 4.75. The monoisotopic (exact) mass is 241 g/mol. The fourth-order valence-electron chi connectivity index (χ4n) is 2.40. The van der Waals surface area contributed by atoms with Crippen molar-refractivity contribution in [1.29, 1.82) is 0 Å². The van der Waals surface area contributed by atoms with E-state index in [1.807, 2.05) is 0 Å². The molecule has 0 aromatic rings. The van der Waals surface area contributed by atoms with E-state index in [1.54, 1.807) is 13.8 Å². The number of amides is 1. The van der Waals surface area contributed by atoms with Crippen LogP contribution in [0.3, 0.4) is 0 Å². The van der Waals surface area contributed by atoms with E-state index in [9.17, 15) is 9.59 Å². The highest BCUT2D eigenvalue weighted by Crippen LogP contribution is 2.26. The molecule has 4 heteroatoms. The van der Waals surface area contributed by atoms with Gasteiger partial charge in [-0.2, -0.15) is 0 Å². The predicted octanol–water partition coefficient (Wildman–Crippen LogP) is 2.18. The summed E-state index contributed by atoms with van der Waals surface area (Å²) in [7, 11) is 0. The summed E-state index contributed by atoms with van der Waals surface area (Å²) in [5.41, 5.74) is 0. The van der Waals surface area contributed by atoms with Crippen LogP contribution in [0.15, 0.2) is 0 Å². The van der Waals surface area contributed by atoms with Crippen LogP contribution in [0.2, 0.25) is 0 Å². The first kappa shape index (κ1) is 14.0. The van der Waals surface area contributed by atoms with Gasteiger partial charge in [-0.1, -0.05) is 33.1 Å². The fraction of sp³-hybridized carbons (Fsp3) is 0.846. The maximum atomic E-state index is 11.8. The second-order valence-corrected chi connectivity index (χ2v) is 5.34. The molecule has 0 aromatic carbocycles.